The molecule has 0 spiro atoms. The van der Waals surface area contributed by atoms with Crippen LogP contribution in [0.2, 0.25) is 0 Å². The Morgan fingerprint density at radius 2 is 2.11 bits per heavy atom. The number of pyridine rings is 1. The average Bonchev–Trinajstić information content (AvgIpc) is 3.03. The first-order valence-corrected chi connectivity index (χ1v) is 6.50. The number of benzene rings is 1. The maximum atomic E-state index is 4.61. The Hall–Kier alpha value is -2.29. The summed E-state index contributed by atoms with van der Waals surface area (Å²) in [6, 6.07) is 10.7. The molecule has 0 aliphatic carbocycles. The van der Waals surface area contributed by atoms with E-state index in [1.54, 1.807) is 6.20 Å². The van der Waals surface area contributed by atoms with Gasteiger partial charge in [0.25, 0.3) is 0 Å². The van der Waals surface area contributed by atoms with E-state index in [1.807, 2.05) is 12.3 Å². The largest absolute Gasteiger partial charge is 0.288 e. The zero-order valence-electron chi connectivity index (χ0n) is 10.5. The molecule has 4 rings (SSSR count). The number of aromatic nitrogens is 1. The molecule has 0 N–H and O–H groups in total. The predicted molar refractivity (Wildman–Crippen MR) is 76.5 cm³/mol. The lowest BCUT2D eigenvalue weighted by molar-refractivity contribution is 1.10. The summed E-state index contributed by atoms with van der Waals surface area (Å²) in [5.41, 5.74) is 6.33. The zero-order valence-corrected chi connectivity index (χ0v) is 10.5. The van der Waals surface area contributed by atoms with Crippen molar-refractivity contribution < 1.29 is 0 Å². The molecule has 0 saturated heterocycles. The average molecular weight is 247 g/mol. The fraction of sp³-hybridized carbons (Fsp3) is 0.188. The Kier molecular flexibility index (Phi) is 2.30. The van der Waals surface area contributed by atoms with Crippen molar-refractivity contribution in [3.8, 4) is 0 Å². The molecule has 0 unspecified atom stereocenters. The smallest absolute Gasteiger partial charge is 0.155 e. The highest BCUT2D eigenvalue weighted by atomic mass is 14.9. The molecule has 0 amide bonds. The van der Waals surface area contributed by atoms with E-state index in [4.69, 9.17) is 0 Å². The summed E-state index contributed by atoms with van der Waals surface area (Å²) in [6.45, 7) is 0.817. The summed E-state index contributed by atoms with van der Waals surface area (Å²) in [4.78, 5) is 13.2. The van der Waals surface area contributed by atoms with E-state index >= 15 is 0 Å². The Morgan fingerprint density at radius 3 is 3.05 bits per heavy atom. The molecule has 92 valence electrons. The Morgan fingerprint density at radius 1 is 1.11 bits per heavy atom. The van der Waals surface area contributed by atoms with Gasteiger partial charge in [0, 0.05) is 36.5 Å². The molecule has 2 aromatic rings. The van der Waals surface area contributed by atoms with Gasteiger partial charge in [-0.05, 0) is 22.8 Å². The van der Waals surface area contributed by atoms with Crippen LogP contribution in [0.4, 0.5) is 5.82 Å². The van der Waals surface area contributed by atoms with Crippen LogP contribution in [0.25, 0.3) is 0 Å². The van der Waals surface area contributed by atoms with Crippen LogP contribution in [0, 0.1) is 0 Å². The van der Waals surface area contributed by atoms with E-state index in [0.717, 1.165) is 25.2 Å². The number of hydrogen-bond donors (Lipinski definition) is 0. The molecule has 0 atom stereocenters. The Bertz CT molecular complexity index is 714. The second kappa shape index (κ2) is 4.12. The van der Waals surface area contributed by atoms with Gasteiger partial charge in [0.1, 0.15) is 0 Å². The molecular formula is C16H13N3. The maximum Gasteiger partial charge on any atom is 0.155 e. The van der Waals surface area contributed by atoms with Crippen molar-refractivity contribution >= 4 is 17.7 Å². The minimum Gasteiger partial charge on any atom is -0.288 e. The summed E-state index contributed by atoms with van der Waals surface area (Å²) in [5.74, 6) is 0.891. The fourth-order valence-electron chi connectivity index (χ4n) is 2.69. The number of aliphatic imine (C=N–C) groups is 2. The zero-order chi connectivity index (χ0) is 12.7. The highest BCUT2D eigenvalue weighted by Gasteiger charge is 2.16. The maximum absolute atomic E-state index is 4.61. The van der Waals surface area contributed by atoms with Crippen molar-refractivity contribution in [1.29, 1.82) is 0 Å². The highest BCUT2D eigenvalue weighted by molar-refractivity contribution is 5.94. The van der Waals surface area contributed by atoms with Gasteiger partial charge in [0.2, 0.25) is 0 Å². The van der Waals surface area contributed by atoms with E-state index in [2.05, 4.69) is 39.2 Å². The summed E-state index contributed by atoms with van der Waals surface area (Å²) in [7, 11) is 0. The van der Waals surface area contributed by atoms with Gasteiger partial charge in [-0.25, -0.2) is 9.98 Å². The molecule has 1 aromatic heterocycles. The minimum atomic E-state index is 0.817. The topological polar surface area (TPSA) is 37.6 Å². The van der Waals surface area contributed by atoms with Crippen LogP contribution < -0.4 is 0 Å². The van der Waals surface area contributed by atoms with Crippen molar-refractivity contribution in [2.75, 3.05) is 0 Å². The van der Waals surface area contributed by atoms with Crippen LogP contribution in [0.3, 0.4) is 0 Å². The molecule has 19 heavy (non-hydrogen) atoms. The van der Waals surface area contributed by atoms with Crippen molar-refractivity contribution in [3.63, 3.8) is 0 Å². The number of nitrogens with zero attached hydrogens (tertiary/aromatic N) is 3. The third kappa shape index (κ3) is 1.87. The second-order valence-electron chi connectivity index (χ2n) is 5.02. The molecule has 3 heteroatoms. The third-order valence-electron chi connectivity index (χ3n) is 3.63. The molecule has 0 bridgehead atoms. The molecular weight excluding hydrogens is 234 g/mol. The SMILES string of the molecule is C1=NCc2cc(CC3=Nc4ncccc4C3)ccc21. The van der Waals surface area contributed by atoms with Gasteiger partial charge in [-0.1, -0.05) is 24.3 Å². The molecule has 1 aromatic carbocycles. The summed E-state index contributed by atoms with van der Waals surface area (Å²) in [6.07, 6.45) is 5.59. The van der Waals surface area contributed by atoms with Gasteiger partial charge in [-0.3, -0.25) is 4.99 Å². The minimum absolute atomic E-state index is 0.817. The molecule has 3 nitrogen and oxygen atoms in total. The first-order chi connectivity index (χ1) is 9.38. The molecule has 2 aliphatic heterocycles. The van der Waals surface area contributed by atoms with Crippen LogP contribution in [-0.4, -0.2) is 16.9 Å². The quantitative estimate of drug-likeness (QED) is 0.804. The first kappa shape index (κ1) is 10.6. The first-order valence-electron chi connectivity index (χ1n) is 6.50. The molecule has 0 fully saturated rings. The second-order valence-corrected chi connectivity index (χ2v) is 5.02. The summed E-state index contributed by atoms with van der Waals surface area (Å²) < 4.78 is 0. The number of fused-ring (bicyclic) bond motifs is 2. The van der Waals surface area contributed by atoms with Crippen LogP contribution >= 0.6 is 0 Å². The standard InChI is InChI=1S/C16H13N3/c1-2-12-8-15(19-16(12)18-5-1)7-11-3-4-13-9-17-10-14(13)6-11/h1-6,9H,7-8,10H2. The molecule has 0 saturated carbocycles. The van der Waals surface area contributed by atoms with Gasteiger partial charge >= 0.3 is 0 Å². The normalized spacial score (nSPS) is 15.3. The van der Waals surface area contributed by atoms with Crippen LogP contribution in [-0.2, 0) is 19.4 Å². The van der Waals surface area contributed by atoms with Gasteiger partial charge in [0.05, 0.1) is 6.54 Å². The van der Waals surface area contributed by atoms with Crippen LogP contribution in [0.5, 0.6) is 0 Å². The van der Waals surface area contributed by atoms with Crippen LogP contribution in [0.1, 0.15) is 22.3 Å². The Labute approximate surface area is 111 Å². The molecule has 0 radical (unpaired) electrons. The van der Waals surface area contributed by atoms with E-state index in [9.17, 15) is 0 Å². The lowest BCUT2D eigenvalue weighted by atomic mass is 10.0. The van der Waals surface area contributed by atoms with Crippen molar-refractivity contribution in [2.24, 2.45) is 9.98 Å². The lowest BCUT2D eigenvalue weighted by Crippen LogP contribution is -2.03. The predicted octanol–water partition coefficient (Wildman–Crippen LogP) is 2.89. The monoisotopic (exact) mass is 247 g/mol. The van der Waals surface area contributed by atoms with Crippen molar-refractivity contribution in [2.45, 2.75) is 19.4 Å². The van der Waals surface area contributed by atoms with E-state index < -0.39 is 0 Å². The number of rotatable bonds is 2. The van der Waals surface area contributed by atoms with Gasteiger partial charge in [-0.15, -0.1) is 0 Å². The van der Waals surface area contributed by atoms with E-state index in [1.165, 1.54) is 28.0 Å². The Balaban J connectivity index is 1.58. The summed E-state index contributed by atoms with van der Waals surface area (Å²) >= 11 is 0. The molecule has 2 aliphatic rings. The van der Waals surface area contributed by atoms with Crippen molar-refractivity contribution in [3.05, 3.63) is 58.8 Å². The lowest BCUT2D eigenvalue weighted by Gasteiger charge is -2.04. The van der Waals surface area contributed by atoms with Gasteiger partial charge < -0.3 is 0 Å². The van der Waals surface area contributed by atoms with E-state index in [-0.39, 0.29) is 0 Å². The number of hydrogen-bond acceptors (Lipinski definition) is 3. The third-order valence-corrected chi connectivity index (χ3v) is 3.63. The van der Waals surface area contributed by atoms with Crippen molar-refractivity contribution in [1.82, 2.24) is 4.98 Å². The van der Waals surface area contributed by atoms with E-state index in [0.29, 0.717) is 0 Å². The fourth-order valence-corrected chi connectivity index (χ4v) is 2.69. The highest BCUT2D eigenvalue weighted by Crippen LogP contribution is 2.25. The van der Waals surface area contributed by atoms with Crippen LogP contribution in [0.15, 0.2) is 46.5 Å². The summed E-state index contributed by atoms with van der Waals surface area (Å²) in [5, 5.41) is 0. The van der Waals surface area contributed by atoms with Gasteiger partial charge in [0.15, 0.2) is 5.82 Å². The molecule has 3 heterocycles. The van der Waals surface area contributed by atoms with Gasteiger partial charge in [-0.2, -0.15) is 0 Å².